The maximum atomic E-state index is 12.5. The topological polar surface area (TPSA) is 126 Å². The third-order valence-electron chi connectivity index (χ3n) is 3.91. The van der Waals surface area contributed by atoms with Gasteiger partial charge in [-0.2, -0.15) is 10.4 Å². The SMILES string of the molecule is COCc1cc(C)n(CC(=O)N/N=C/c2ccc(OC)c(O)c2)c(=O)c1C#N. The summed E-state index contributed by atoms with van der Waals surface area (Å²) in [6.07, 6.45) is 1.34. The highest BCUT2D eigenvalue weighted by molar-refractivity contribution is 5.83. The molecular weight excluding hydrogens is 364 g/mol. The fourth-order valence-corrected chi connectivity index (χ4v) is 2.57. The lowest BCUT2D eigenvalue weighted by atomic mass is 10.1. The average Bonchev–Trinajstić information content (AvgIpc) is 2.66. The van der Waals surface area contributed by atoms with Gasteiger partial charge >= 0.3 is 0 Å². The van der Waals surface area contributed by atoms with Gasteiger partial charge in [-0.25, -0.2) is 5.43 Å². The third kappa shape index (κ3) is 4.75. The number of ether oxygens (including phenoxy) is 2. The van der Waals surface area contributed by atoms with E-state index in [2.05, 4.69) is 10.5 Å². The number of nitrogens with one attached hydrogen (secondary N) is 1. The molecule has 1 amide bonds. The number of aromatic hydroxyl groups is 1. The van der Waals surface area contributed by atoms with Crippen molar-refractivity contribution in [2.75, 3.05) is 14.2 Å². The summed E-state index contributed by atoms with van der Waals surface area (Å²) in [4.78, 5) is 24.6. The van der Waals surface area contributed by atoms with E-state index in [4.69, 9.17) is 9.47 Å². The van der Waals surface area contributed by atoms with Gasteiger partial charge in [-0.05, 0) is 36.8 Å². The molecule has 0 radical (unpaired) electrons. The summed E-state index contributed by atoms with van der Waals surface area (Å²) < 4.78 is 11.1. The molecule has 2 N–H and O–H groups in total. The van der Waals surface area contributed by atoms with Crippen LogP contribution < -0.4 is 15.7 Å². The Balaban J connectivity index is 2.12. The number of carbonyl (C=O) groups is 1. The first-order valence-corrected chi connectivity index (χ1v) is 8.22. The van der Waals surface area contributed by atoms with E-state index >= 15 is 0 Å². The Morgan fingerprint density at radius 3 is 2.75 bits per heavy atom. The predicted octanol–water partition coefficient (Wildman–Crippen LogP) is 1.04. The number of carbonyl (C=O) groups excluding carboxylic acids is 1. The maximum Gasteiger partial charge on any atom is 0.269 e. The van der Waals surface area contributed by atoms with Gasteiger partial charge in [-0.1, -0.05) is 0 Å². The number of amides is 1. The lowest BCUT2D eigenvalue weighted by Crippen LogP contribution is -2.33. The fourth-order valence-electron chi connectivity index (χ4n) is 2.57. The normalized spacial score (nSPS) is 10.6. The summed E-state index contributed by atoms with van der Waals surface area (Å²) in [6.45, 7) is 1.50. The lowest BCUT2D eigenvalue weighted by Gasteiger charge is -2.12. The monoisotopic (exact) mass is 384 g/mol. The number of rotatable bonds is 7. The van der Waals surface area contributed by atoms with Crippen LogP contribution in [0.25, 0.3) is 0 Å². The van der Waals surface area contributed by atoms with E-state index in [1.807, 2.05) is 6.07 Å². The van der Waals surface area contributed by atoms with Crippen LogP contribution in [0.15, 0.2) is 34.2 Å². The quantitative estimate of drug-likeness (QED) is 0.543. The van der Waals surface area contributed by atoms with Crippen LogP contribution in [-0.4, -0.2) is 36.0 Å². The van der Waals surface area contributed by atoms with Gasteiger partial charge in [0.05, 0.1) is 19.9 Å². The molecule has 146 valence electrons. The Bertz CT molecular complexity index is 1000. The number of phenolic OH excluding ortho intramolecular Hbond substituents is 1. The van der Waals surface area contributed by atoms with E-state index in [0.717, 1.165) is 0 Å². The summed E-state index contributed by atoms with van der Waals surface area (Å²) in [5.74, 6) is -0.274. The Hall–Kier alpha value is -3.64. The van der Waals surface area contributed by atoms with Gasteiger partial charge in [0, 0.05) is 18.4 Å². The van der Waals surface area contributed by atoms with Crippen LogP contribution in [0.2, 0.25) is 0 Å². The zero-order valence-electron chi connectivity index (χ0n) is 15.7. The number of aryl methyl sites for hydroxylation is 1. The second kappa shape index (κ2) is 9.34. The van der Waals surface area contributed by atoms with Crippen LogP contribution in [0.4, 0.5) is 0 Å². The number of nitriles is 1. The number of methoxy groups -OCH3 is 2. The third-order valence-corrected chi connectivity index (χ3v) is 3.91. The van der Waals surface area contributed by atoms with Gasteiger partial charge < -0.3 is 19.1 Å². The van der Waals surface area contributed by atoms with Gasteiger partial charge in [0.1, 0.15) is 18.2 Å². The van der Waals surface area contributed by atoms with Gasteiger partial charge in [0.2, 0.25) is 0 Å². The predicted molar refractivity (Wildman–Crippen MR) is 101 cm³/mol. The van der Waals surface area contributed by atoms with Crippen molar-refractivity contribution in [3.63, 3.8) is 0 Å². The Morgan fingerprint density at radius 2 is 2.14 bits per heavy atom. The van der Waals surface area contributed by atoms with Crippen molar-refractivity contribution < 1.29 is 19.4 Å². The van der Waals surface area contributed by atoms with Gasteiger partial charge in [0.15, 0.2) is 11.5 Å². The highest BCUT2D eigenvalue weighted by Gasteiger charge is 2.14. The molecule has 0 aliphatic heterocycles. The molecule has 28 heavy (non-hydrogen) atoms. The first-order chi connectivity index (χ1) is 13.4. The van der Waals surface area contributed by atoms with Crippen molar-refractivity contribution >= 4 is 12.1 Å². The molecule has 2 rings (SSSR count). The number of pyridine rings is 1. The standard InChI is InChI=1S/C19H20N4O5/c1-12-6-14(11-27-2)15(8-20)19(26)23(12)10-18(25)22-21-9-13-4-5-17(28-3)16(24)7-13/h4-7,9,24H,10-11H2,1-3H3,(H,22,25)/b21-9+. The van der Waals surface area contributed by atoms with E-state index in [0.29, 0.717) is 22.6 Å². The van der Waals surface area contributed by atoms with Crippen molar-refractivity contribution in [1.82, 2.24) is 9.99 Å². The molecule has 0 saturated heterocycles. The molecule has 0 atom stereocenters. The largest absolute Gasteiger partial charge is 0.504 e. The van der Waals surface area contributed by atoms with Gasteiger partial charge in [-0.3, -0.25) is 9.59 Å². The van der Waals surface area contributed by atoms with Crippen LogP contribution in [0.3, 0.4) is 0 Å². The molecule has 2 aromatic rings. The second-order valence-electron chi connectivity index (χ2n) is 5.85. The number of phenols is 1. The molecule has 9 heteroatoms. The molecule has 0 spiro atoms. The molecule has 0 unspecified atom stereocenters. The van der Waals surface area contributed by atoms with Crippen molar-refractivity contribution in [3.8, 4) is 17.6 Å². The molecule has 1 aromatic heterocycles. The van der Waals surface area contributed by atoms with Crippen molar-refractivity contribution in [2.24, 2.45) is 5.10 Å². The van der Waals surface area contributed by atoms with Crippen molar-refractivity contribution in [3.05, 3.63) is 57.0 Å². The van der Waals surface area contributed by atoms with Crippen LogP contribution in [0.1, 0.15) is 22.4 Å². The van der Waals surface area contributed by atoms with Gasteiger partial charge in [0.25, 0.3) is 11.5 Å². The summed E-state index contributed by atoms with van der Waals surface area (Å²) in [6, 6.07) is 8.14. The summed E-state index contributed by atoms with van der Waals surface area (Å²) >= 11 is 0. The molecule has 1 heterocycles. The Kier molecular flexibility index (Phi) is 6.90. The Labute approximate surface area is 161 Å². The van der Waals surface area contributed by atoms with Crippen LogP contribution >= 0.6 is 0 Å². The van der Waals surface area contributed by atoms with E-state index in [1.54, 1.807) is 25.1 Å². The maximum absolute atomic E-state index is 12.5. The smallest absolute Gasteiger partial charge is 0.269 e. The molecule has 0 aliphatic rings. The average molecular weight is 384 g/mol. The van der Waals surface area contributed by atoms with Crippen molar-refractivity contribution in [2.45, 2.75) is 20.1 Å². The van der Waals surface area contributed by atoms with E-state index in [-0.39, 0.29) is 24.5 Å². The molecule has 9 nitrogen and oxygen atoms in total. The molecular formula is C19H20N4O5. The molecule has 0 fully saturated rings. The minimum absolute atomic E-state index is 0.0554. The minimum Gasteiger partial charge on any atom is -0.504 e. The minimum atomic E-state index is -0.561. The number of hydrogen-bond donors (Lipinski definition) is 2. The summed E-state index contributed by atoms with van der Waals surface area (Å²) in [5, 5.41) is 22.8. The highest BCUT2D eigenvalue weighted by Crippen LogP contribution is 2.25. The zero-order chi connectivity index (χ0) is 20.7. The van der Waals surface area contributed by atoms with Crippen LogP contribution in [0, 0.1) is 18.3 Å². The second-order valence-corrected chi connectivity index (χ2v) is 5.85. The summed E-state index contributed by atoms with van der Waals surface area (Å²) in [5.41, 5.74) is 3.23. The van der Waals surface area contributed by atoms with E-state index in [1.165, 1.54) is 31.1 Å². The summed E-state index contributed by atoms with van der Waals surface area (Å²) in [7, 11) is 2.91. The van der Waals surface area contributed by atoms with Crippen LogP contribution in [-0.2, 0) is 22.7 Å². The number of nitrogens with zero attached hydrogens (tertiary/aromatic N) is 3. The first-order valence-electron chi connectivity index (χ1n) is 8.22. The van der Waals surface area contributed by atoms with E-state index in [9.17, 15) is 20.0 Å². The first kappa shape index (κ1) is 20.7. The number of hydrogen-bond acceptors (Lipinski definition) is 7. The number of aromatic nitrogens is 1. The Morgan fingerprint density at radius 1 is 1.39 bits per heavy atom. The number of benzene rings is 1. The lowest BCUT2D eigenvalue weighted by molar-refractivity contribution is -0.121. The fraction of sp³-hybridized carbons (Fsp3) is 0.263. The molecule has 0 saturated carbocycles. The molecule has 1 aromatic carbocycles. The molecule has 0 aliphatic carbocycles. The van der Waals surface area contributed by atoms with Crippen molar-refractivity contribution in [1.29, 1.82) is 5.26 Å². The molecule has 0 bridgehead atoms. The van der Waals surface area contributed by atoms with Crippen LogP contribution in [0.5, 0.6) is 11.5 Å². The van der Waals surface area contributed by atoms with Gasteiger partial charge in [-0.15, -0.1) is 0 Å². The van der Waals surface area contributed by atoms with E-state index < -0.39 is 11.5 Å². The highest BCUT2D eigenvalue weighted by atomic mass is 16.5. The zero-order valence-corrected chi connectivity index (χ0v) is 15.7. The number of hydrazone groups is 1.